The van der Waals surface area contributed by atoms with Crippen molar-refractivity contribution in [3.63, 3.8) is 0 Å². The Morgan fingerprint density at radius 1 is 1.22 bits per heavy atom. The van der Waals surface area contributed by atoms with Crippen molar-refractivity contribution in [2.24, 2.45) is 5.73 Å². The summed E-state index contributed by atoms with van der Waals surface area (Å²) in [4.78, 5) is 4.35. The molecule has 4 nitrogen and oxygen atoms in total. The normalized spacial score (nSPS) is 12.6. The van der Waals surface area contributed by atoms with E-state index in [0.29, 0.717) is 11.7 Å². The standard InChI is InChI=1S/C14H19N3O/c1-3-5-12(15)13-16-14(18-17-13)11-8-6-10(4-2)7-9-11/h6-9,12H,3-5,15H2,1-2H3. The van der Waals surface area contributed by atoms with Crippen molar-refractivity contribution in [2.45, 2.75) is 39.2 Å². The summed E-state index contributed by atoms with van der Waals surface area (Å²) in [6.07, 6.45) is 2.90. The van der Waals surface area contributed by atoms with Crippen LogP contribution in [0.1, 0.15) is 44.1 Å². The molecule has 1 aromatic heterocycles. The van der Waals surface area contributed by atoms with Crippen LogP contribution in [0, 0.1) is 0 Å². The van der Waals surface area contributed by atoms with Gasteiger partial charge in [0.05, 0.1) is 6.04 Å². The first-order valence-corrected chi connectivity index (χ1v) is 6.43. The second kappa shape index (κ2) is 5.78. The van der Waals surface area contributed by atoms with Crippen molar-refractivity contribution >= 4 is 0 Å². The first-order chi connectivity index (χ1) is 8.74. The summed E-state index contributed by atoms with van der Waals surface area (Å²) in [5, 5.41) is 3.94. The van der Waals surface area contributed by atoms with Crippen molar-refractivity contribution in [1.29, 1.82) is 0 Å². The van der Waals surface area contributed by atoms with Gasteiger partial charge in [-0.15, -0.1) is 0 Å². The van der Waals surface area contributed by atoms with E-state index in [0.717, 1.165) is 24.8 Å². The van der Waals surface area contributed by atoms with Gasteiger partial charge in [0, 0.05) is 5.56 Å². The average Bonchev–Trinajstić information content (AvgIpc) is 2.89. The fourth-order valence-corrected chi connectivity index (χ4v) is 1.83. The number of hydrogen-bond acceptors (Lipinski definition) is 4. The van der Waals surface area contributed by atoms with Gasteiger partial charge in [-0.05, 0) is 30.5 Å². The second-order valence-electron chi connectivity index (χ2n) is 4.40. The van der Waals surface area contributed by atoms with Crippen LogP contribution in [0.5, 0.6) is 0 Å². The Morgan fingerprint density at radius 3 is 2.56 bits per heavy atom. The van der Waals surface area contributed by atoms with E-state index in [1.54, 1.807) is 0 Å². The van der Waals surface area contributed by atoms with E-state index in [1.165, 1.54) is 5.56 Å². The predicted octanol–water partition coefficient (Wildman–Crippen LogP) is 3.10. The molecule has 0 radical (unpaired) electrons. The maximum absolute atomic E-state index is 5.96. The maximum Gasteiger partial charge on any atom is 0.257 e. The fraction of sp³-hybridized carbons (Fsp3) is 0.429. The number of nitrogens with two attached hydrogens (primary N) is 1. The van der Waals surface area contributed by atoms with Crippen LogP contribution in [0.3, 0.4) is 0 Å². The Balaban J connectivity index is 2.18. The first-order valence-electron chi connectivity index (χ1n) is 6.43. The Morgan fingerprint density at radius 2 is 1.94 bits per heavy atom. The van der Waals surface area contributed by atoms with Crippen LogP contribution in [-0.4, -0.2) is 10.1 Å². The van der Waals surface area contributed by atoms with Gasteiger partial charge in [0.15, 0.2) is 5.82 Å². The highest BCUT2D eigenvalue weighted by Gasteiger charge is 2.14. The molecule has 2 N–H and O–H groups in total. The van der Waals surface area contributed by atoms with Crippen LogP contribution in [0.2, 0.25) is 0 Å². The molecule has 2 rings (SSSR count). The summed E-state index contributed by atoms with van der Waals surface area (Å²) in [5.74, 6) is 1.13. The minimum atomic E-state index is -0.137. The van der Waals surface area contributed by atoms with Gasteiger partial charge in [0.2, 0.25) is 0 Å². The Hall–Kier alpha value is -1.68. The smallest absolute Gasteiger partial charge is 0.257 e. The molecule has 1 aromatic carbocycles. The minimum absolute atomic E-state index is 0.137. The van der Waals surface area contributed by atoms with Gasteiger partial charge in [-0.25, -0.2) is 0 Å². The largest absolute Gasteiger partial charge is 0.334 e. The molecule has 0 amide bonds. The van der Waals surface area contributed by atoms with E-state index < -0.39 is 0 Å². The molecule has 1 atom stereocenters. The van der Waals surface area contributed by atoms with Gasteiger partial charge in [-0.2, -0.15) is 4.98 Å². The molecule has 1 heterocycles. The summed E-state index contributed by atoms with van der Waals surface area (Å²) < 4.78 is 5.25. The van der Waals surface area contributed by atoms with Gasteiger partial charge in [-0.3, -0.25) is 0 Å². The molecule has 1 unspecified atom stereocenters. The lowest BCUT2D eigenvalue weighted by atomic mass is 10.1. The number of aryl methyl sites for hydroxylation is 1. The highest BCUT2D eigenvalue weighted by atomic mass is 16.5. The molecule has 18 heavy (non-hydrogen) atoms. The predicted molar refractivity (Wildman–Crippen MR) is 70.9 cm³/mol. The molecule has 0 bridgehead atoms. The molecule has 0 aliphatic rings. The van der Waals surface area contributed by atoms with Gasteiger partial charge < -0.3 is 10.3 Å². The molecule has 2 aromatic rings. The third kappa shape index (κ3) is 2.76. The molecule has 0 saturated carbocycles. The number of rotatable bonds is 5. The molecule has 0 spiro atoms. The molecule has 0 aliphatic heterocycles. The van der Waals surface area contributed by atoms with E-state index in [2.05, 4.69) is 36.1 Å². The molecule has 96 valence electrons. The summed E-state index contributed by atoms with van der Waals surface area (Å²) >= 11 is 0. The summed E-state index contributed by atoms with van der Waals surface area (Å²) in [6.45, 7) is 4.22. The third-order valence-corrected chi connectivity index (χ3v) is 2.98. The Labute approximate surface area is 107 Å². The van der Waals surface area contributed by atoms with Crippen molar-refractivity contribution in [3.8, 4) is 11.5 Å². The summed E-state index contributed by atoms with van der Waals surface area (Å²) in [5.41, 5.74) is 8.19. The van der Waals surface area contributed by atoms with Crippen LogP contribution in [0.25, 0.3) is 11.5 Å². The monoisotopic (exact) mass is 245 g/mol. The molecule has 4 heteroatoms. The van der Waals surface area contributed by atoms with Crippen molar-refractivity contribution in [3.05, 3.63) is 35.7 Å². The lowest BCUT2D eigenvalue weighted by Crippen LogP contribution is -2.11. The number of hydrogen-bond donors (Lipinski definition) is 1. The summed E-state index contributed by atoms with van der Waals surface area (Å²) in [6, 6.07) is 8.02. The molecule has 0 aliphatic carbocycles. The number of nitrogens with zero attached hydrogens (tertiary/aromatic N) is 2. The van der Waals surface area contributed by atoms with Gasteiger partial charge >= 0.3 is 0 Å². The molecule has 0 saturated heterocycles. The van der Waals surface area contributed by atoms with E-state index >= 15 is 0 Å². The SMILES string of the molecule is CCCC(N)c1noc(-c2ccc(CC)cc2)n1. The van der Waals surface area contributed by atoms with E-state index in [4.69, 9.17) is 10.3 Å². The third-order valence-electron chi connectivity index (χ3n) is 2.98. The van der Waals surface area contributed by atoms with E-state index in [9.17, 15) is 0 Å². The highest BCUT2D eigenvalue weighted by Crippen LogP contribution is 2.20. The topological polar surface area (TPSA) is 64.9 Å². The zero-order valence-corrected chi connectivity index (χ0v) is 10.9. The van der Waals surface area contributed by atoms with Crippen LogP contribution in [0.15, 0.2) is 28.8 Å². The van der Waals surface area contributed by atoms with Gasteiger partial charge in [0.25, 0.3) is 5.89 Å². The number of benzene rings is 1. The minimum Gasteiger partial charge on any atom is -0.334 e. The highest BCUT2D eigenvalue weighted by molar-refractivity contribution is 5.53. The van der Waals surface area contributed by atoms with Crippen molar-refractivity contribution in [2.75, 3.05) is 0 Å². The Bertz CT molecular complexity index is 490. The van der Waals surface area contributed by atoms with E-state index in [1.807, 2.05) is 12.1 Å². The molecule has 0 fully saturated rings. The average molecular weight is 245 g/mol. The molecular formula is C14H19N3O. The van der Waals surface area contributed by atoms with Crippen molar-refractivity contribution in [1.82, 2.24) is 10.1 Å². The number of aromatic nitrogens is 2. The first kappa shape index (κ1) is 12.8. The lowest BCUT2D eigenvalue weighted by molar-refractivity contribution is 0.413. The van der Waals surface area contributed by atoms with Gasteiger partial charge in [0.1, 0.15) is 0 Å². The zero-order valence-electron chi connectivity index (χ0n) is 10.9. The Kier molecular flexibility index (Phi) is 4.10. The van der Waals surface area contributed by atoms with Crippen LogP contribution >= 0.6 is 0 Å². The van der Waals surface area contributed by atoms with Crippen LogP contribution in [0.4, 0.5) is 0 Å². The van der Waals surface area contributed by atoms with Crippen LogP contribution < -0.4 is 5.73 Å². The van der Waals surface area contributed by atoms with Crippen molar-refractivity contribution < 1.29 is 4.52 Å². The summed E-state index contributed by atoms with van der Waals surface area (Å²) in [7, 11) is 0. The lowest BCUT2D eigenvalue weighted by Gasteiger charge is -2.02. The zero-order chi connectivity index (χ0) is 13.0. The van der Waals surface area contributed by atoms with Crippen LogP contribution in [-0.2, 0) is 6.42 Å². The van der Waals surface area contributed by atoms with Gasteiger partial charge in [-0.1, -0.05) is 37.6 Å². The van der Waals surface area contributed by atoms with E-state index in [-0.39, 0.29) is 6.04 Å². The maximum atomic E-state index is 5.96. The second-order valence-corrected chi connectivity index (χ2v) is 4.40. The fourth-order valence-electron chi connectivity index (χ4n) is 1.83. The quantitative estimate of drug-likeness (QED) is 0.879. The molecular weight excluding hydrogens is 226 g/mol.